The van der Waals surface area contributed by atoms with Crippen molar-refractivity contribution < 1.29 is 4.74 Å². The van der Waals surface area contributed by atoms with Crippen molar-refractivity contribution in [1.29, 1.82) is 5.26 Å². The highest BCUT2D eigenvalue weighted by atomic mass is 16.5. The highest BCUT2D eigenvalue weighted by Gasteiger charge is 2.48. The van der Waals surface area contributed by atoms with Gasteiger partial charge in [-0.1, -0.05) is 58.4 Å². The summed E-state index contributed by atoms with van der Waals surface area (Å²) in [4.78, 5) is 0. The van der Waals surface area contributed by atoms with Crippen LogP contribution in [0.5, 0.6) is 5.75 Å². The van der Waals surface area contributed by atoms with Crippen molar-refractivity contribution in [2.75, 3.05) is 6.61 Å². The van der Waals surface area contributed by atoms with Crippen LogP contribution in [0.4, 0.5) is 0 Å². The Kier molecular flexibility index (Phi) is 7.44. The Labute approximate surface area is 172 Å². The van der Waals surface area contributed by atoms with E-state index in [9.17, 15) is 5.26 Å². The van der Waals surface area contributed by atoms with Crippen LogP contribution in [-0.2, 0) is 5.41 Å². The van der Waals surface area contributed by atoms with E-state index >= 15 is 0 Å². The summed E-state index contributed by atoms with van der Waals surface area (Å²) in [7, 11) is 0. The number of hydrogen-bond acceptors (Lipinski definition) is 2. The maximum Gasteiger partial charge on any atom is 0.137 e. The maximum absolute atomic E-state index is 9.69. The third-order valence-electron chi connectivity index (χ3n) is 7.65. The molecule has 4 rings (SSSR count). The zero-order valence-corrected chi connectivity index (χ0v) is 18.2. The molecule has 154 valence electrons. The highest BCUT2D eigenvalue weighted by molar-refractivity contribution is 5.47. The SMILES string of the molecule is CCCCCCCCOc1ccc(C23CCC(CCC)(CC2)CC3)cc1C#N. The van der Waals surface area contributed by atoms with Gasteiger partial charge >= 0.3 is 0 Å². The van der Waals surface area contributed by atoms with Gasteiger partial charge in [-0.2, -0.15) is 5.26 Å². The molecule has 1 aromatic carbocycles. The molecule has 0 heterocycles. The Morgan fingerprint density at radius 3 is 2.21 bits per heavy atom. The lowest BCUT2D eigenvalue weighted by molar-refractivity contribution is 0.0320. The first-order valence-corrected chi connectivity index (χ1v) is 11.8. The molecule has 1 aromatic rings. The summed E-state index contributed by atoms with van der Waals surface area (Å²) in [6.07, 6.45) is 18.3. The Morgan fingerprint density at radius 1 is 0.893 bits per heavy atom. The Bertz CT molecular complexity index is 647. The third-order valence-corrected chi connectivity index (χ3v) is 7.65. The fourth-order valence-electron chi connectivity index (χ4n) is 5.74. The van der Waals surface area contributed by atoms with Crippen molar-refractivity contribution >= 4 is 0 Å². The molecule has 2 heteroatoms. The maximum atomic E-state index is 9.69. The van der Waals surface area contributed by atoms with Gasteiger partial charge in [0.25, 0.3) is 0 Å². The quantitative estimate of drug-likeness (QED) is 0.368. The lowest BCUT2D eigenvalue weighted by Gasteiger charge is -2.54. The molecule has 2 nitrogen and oxygen atoms in total. The van der Waals surface area contributed by atoms with Gasteiger partial charge in [0.1, 0.15) is 11.8 Å². The normalized spacial score (nSPS) is 26.2. The number of benzene rings is 1. The first kappa shape index (κ1) is 21.2. The van der Waals surface area contributed by atoms with Crippen molar-refractivity contribution in [3.05, 3.63) is 29.3 Å². The van der Waals surface area contributed by atoms with Crippen LogP contribution in [0.1, 0.15) is 115 Å². The molecule has 0 aromatic heterocycles. The van der Waals surface area contributed by atoms with Crippen LogP contribution in [0.25, 0.3) is 0 Å². The Balaban J connectivity index is 1.57. The number of ether oxygens (including phenoxy) is 1. The average molecular weight is 382 g/mol. The molecule has 0 aliphatic heterocycles. The van der Waals surface area contributed by atoms with Gasteiger partial charge < -0.3 is 4.74 Å². The van der Waals surface area contributed by atoms with E-state index in [0.717, 1.165) is 24.3 Å². The van der Waals surface area contributed by atoms with Crippen molar-refractivity contribution in [1.82, 2.24) is 0 Å². The fraction of sp³-hybridized carbons (Fsp3) is 0.731. The molecule has 3 aliphatic rings. The molecule has 3 fully saturated rings. The van der Waals surface area contributed by atoms with Gasteiger partial charge in [0, 0.05) is 0 Å². The summed E-state index contributed by atoms with van der Waals surface area (Å²) in [5.74, 6) is 0.781. The van der Waals surface area contributed by atoms with E-state index in [1.54, 1.807) is 0 Å². The molecule has 3 saturated carbocycles. The van der Waals surface area contributed by atoms with Crippen LogP contribution < -0.4 is 4.74 Å². The predicted molar refractivity (Wildman–Crippen MR) is 117 cm³/mol. The molecule has 0 unspecified atom stereocenters. The van der Waals surface area contributed by atoms with Gasteiger partial charge in [0.05, 0.1) is 12.2 Å². The summed E-state index contributed by atoms with van der Waals surface area (Å²) in [5, 5.41) is 9.69. The molecular formula is C26H39NO. The largest absolute Gasteiger partial charge is 0.492 e. The van der Waals surface area contributed by atoms with E-state index in [4.69, 9.17) is 4.74 Å². The van der Waals surface area contributed by atoms with Gasteiger partial charge in [0.2, 0.25) is 0 Å². The molecule has 0 saturated heterocycles. The monoisotopic (exact) mass is 381 g/mol. The number of hydrogen-bond donors (Lipinski definition) is 0. The minimum absolute atomic E-state index is 0.318. The molecule has 0 atom stereocenters. The van der Waals surface area contributed by atoms with E-state index in [1.807, 2.05) is 0 Å². The Hall–Kier alpha value is -1.49. The lowest BCUT2D eigenvalue weighted by atomic mass is 9.51. The van der Waals surface area contributed by atoms with Gasteiger partial charge in [-0.15, -0.1) is 0 Å². The molecule has 0 amide bonds. The third kappa shape index (κ3) is 4.73. The van der Waals surface area contributed by atoms with Gasteiger partial charge in [0.15, 0.2) is 0 Å². The van der Waals surface area contributed by atoms with Gasteiger partial charge in [-0.05, 0) is 79.9 Å². The van der Waals surface area contributed by atoms with Crippen molar-refractivity contribution in [3.8, 4) is 11.8 Å². The number of unbranched alkanes of at least 4 members (excludes halogenated alkanes) is 5. The number of rotatable bonds is 11. The minimum Gasteiger partial charge on any atom is -0.492 e. The summed E-state index contributed by atoms with van der Waals surface area (Å²) in [6, 6.07) is 8.88. The number of fused-ring (bicyclic) bond motifs is 3. The minimum atomic E-state index is 0.318. The van der Waals surface area contributed by atoms with Crippen LogP contribution >= 0.6 is 0 Å². The summed E-state index contributed by atoms with van der Waals surface area (Å²) in [5.41, 5.74) is 3.07. The smallest absolute Gasteiger partial charge is 0.137 e. The summed E-state index contributed by atoms with van der Waals surface area (Å²) < 4.78 is 5.98. The van der Waals surface area contributed by atoms with Gasteiger partial charge in [-0.25, -0.2) is 0 Å². The van der Waals surface area contributed by atoms with Crippen LogP contribution in [0, 0.1) is 16.7 Å². The van der Waals surface area contributed by atoms with E-state index < -0.39 is 0 Å². The standard InChI is InChI=1S/C26H39NO/c1-3-5-6-7-8-9-19-28-24-11-10-23(20-22(24)21-27)26-16-13-25(12-4-2,14-17-26)15-18-26/h10-11,20H,3-9,12-19H2,1-2H3. The van der Waals surface area contributed by atoms with Gasteiger partial charge in [-0.3, -0.25) is 0 Å². The molecule has 3 aliphatic carbocycles. The van der Waals surface area contributed by atoms with Crippen LogP contribution in [0.2, 0.25) is 0 Å². The highest BCUT2D eigenvalue weighted by Crippen LogP contribution is 2.59. The fourth-order valence-corrected chi connectivity index (χ4v) is 5.74. The van der Waals surface area contributed by atoms with Crippen LogP contribution in [-0.4, -0.2) is 6.61 Å². The number of nitriles is 1. The second kappa shape index (κ2) is 9.82. The second-order valence-electron chi connectivity index (χ2n) is 9.47. The van der Waals surface area contributed by atoms with E-state index in [2.05, 4.69) is 38.1 Å². The Morgan fingerprint density at radius 2 is 1.57 bits per heavy atom. The van der Waals surface area contributed by atoms with Crippen molar-refractivity contribution in [2.24, 2.45) is 5.41 Å². The lowest BCUT2D eigenvalue weighted by Crippen LogP contribution is -2.44. The summed E-state index contributed by atoms with van der Waals surface area (Å²) in [6.45, 7) is 5.30. The second-order valence-corrected chi connectivity index (χ2v) is 9.47. The summed E-state index contributed by atoms with van der Waals surface area (Å²) >= 11 is 0. The molecule has 0 radical (unpaired) electrons. The first-order chi connectivity index (χ1) is 13.7. The van der Waals surface area contributed by atoms with Crippen molar-refractivity contribution in [3.63, 3.8) is 0 Å². The molecule has 0 spiro atoms. The molecular weight excluding hydrogens is 342 g/mol. The van der Waals surface area contributed by atoms with Crippen LogP contribution in [0.3, 0.4) is 0 Å². The molecule has 2 bridgehead atoms. The van der Waals surface area contributed by atoms with E-state index in [1.165, 1.54) is 89.0 Å². The molecule has 0 N–H and O–H groups in total. The van der Waals surface area contributed by atoms with Crippen LogP contribution in [0.15, 0.2) is 18.2 Å². The topological polar surface area (TPSA) is 33.0 Å². The first-order valence-electron chi connectivity index (χ1n) is 11.8. The van der Waals surface area contributed by atoms with E-state index in [0.29, 0.717) is 10.8 Å². The molecule has 28 heavy (non-hydrogen) atoms. The predicted octanol–water partition coefficient (Wildman–Crippen LogP) is 7.69. The zero-order chi connectivity index (χ0) is 19.9. The van der Waals surface area contributed by atoms with Crippen molar-refractivity contribution in [2.45, 2.75) is 109 Å². The van der Waals surface area contributed by atoms with E-state index in [-0.39, 0.29) is 0 Å². The number of nitrogens with zero attached hydrogens (tertiary/aromatic N) is 1. The zero-order valence-electron chi connectivity index (χ0n) is 18.2. The average Bonchev–Trinajstić information content (AvgIpc) is 2.74.